The molecule has 3 heteroatoms. The van der Waals surface area contributed by atoms with Crippen LogP contribution in [0.3, 0.4) is 0 Å². The average molecular weight is 243 g/mol. The molecule has 0 saturated carbocycles. The van der Waals surface area contributed by atoms with Crippen LogP contribution < -0.4 is 10.6 Å². The number of piperidine rings is 1. The van der Waals surface area contributed by atoms with Gasteiger partial charge in [0.1, 0.15) is 6.07 Å². The Kier molecular flexibility index (Phi) is 3.88. The third-order valence-corrected chi connectivity index (χ3v) is 3.82. The van der Waals surface area contributed by atoms with Gasteiger partial charge in [0.2, 0.25) is 0 Å². The third kappa shape index (κ3) is 2.65. The van der Waals surface area contributed by atoms with Crippen LogP contribution in [0.1, 0.15) is 30.9 Å². The summed E-state index contributed by atoms with van der Waals surface area (Å²) in [6, 6.07) is 8.54. The van der Waals surface area contributed by atoms with Crippen molar-refractivity contribution in [1.82, 2.24) is 0 Å². The zero-order valence-corrected chi connectivity index (χ0v) is 11.2. The topological polar surface area (TPSA) is 53.0 Å². The first-order chi connectivity index (χ1) is 8.61. The maximum absolute atomic E-state index is 9.21. The Morgan fingerprint density at radius 1 is 1.50 bits per heavy atom. The fourth-order valence-electron chi connectivity index (χ4n) is 2.66. The molecule has 0 amide bonds. The SMILES string of the molecule is Cc1ccc(C#N)c(N2CCCC(C(C)N)C2)c1. The maximum Gasteiger partial charge on any atom is 0.101 e. The van der Waals surface area contributed by atoms with Crippen LogP contribution in [0.5, 0.6) is 0 Å². The summed E-state index contributed by atoms with van der Waals surface area (Å²) < 4.78 is 0. The molecule has 0 spiro atoms. The number of nitrogens with zero attached hydrogens (tertiary/aromatic N) is 2. The van der Waals surface area contributed by atoms with E-state index in [1.165, 1.54) is 12.0 Å². The Labute approximate surface area is 109 Å². The molecule has 0 aromatic heterocycles. The normalized spacial score (nSPS) is 21.4. The first-order valence-electron chi connectivity index (χ1n) is 6.63. The fraction of sp³-hybridized carbons (Fsp3) is 0.533. The molecular weight excluding hydrogens is 222 g/mol. The molecule has 1 heterocycles. The lowest BCUT2D eigenvalue weighted by Gasteiger charge is -2.36. The van der Waals surface area contributed by atoms with E-state index in [1.807, 2.05) is 12.1 Å². The van der Waals surface area contributed by atoms with Crippen LogP contribution in [0.15, 0.2) is 18.2 Å². The first kappa shape index (κ1) is 12.9. The predicted molar refractivity (Wildman–Crippen MR) is 74.5 cm³/mol. The molecular formula is C15H21N3. The van der Waals surface area contributed by atoms with Gasteiger partial charge in [0.15, 0.2) is 0 Å². The van der Waals surface area contributed by atoms with Crippen molar-refractivity contribution in [1.29, 1.82) is 5.26 Å². The average Bonchev–Trinajstić information content (AvgIpc) is 2.39. The standard InChI is InChI=1S/C15H21N3/c1-11-5-6-13(9-16)15(8-11)18-7-3-4-14(10-18)12(2)17/h5-6,8,12,14H,3-4,7,10,17H2,1-2H3. The summed E-state index contributed by atoms with van der Waals surface area (Å²) in [5.41, 5.74) is 9.06. The second-order valence-electron chi connectivity index (χ2n) is 5.34. The van der Waals surface area contributed by atoms with Crippen molar-refractivity contribution in [2.24, 2.45) is 11.7 Å². The second-order valence-corrected chi connectivity index (χ2v) is 5.34. The Hall–Kier alpha value is -1.53. The number of aryl methyl sites for hydroxylation is 1. The molecule has 2 atom stereocenters. The smallest absolute Gasteiger partial charge is 0.101 e. The Morgan fingerprint density at radius 3 is 2.94 bits per heavy atom. The third-order valence-electron chi connectivity index (χ3n) is 3.82. The van der Waals surface area contributed by atoms with Crippen molar-refractivity contribution in [2.45, 2.75) is 32.7 Å². The van der Waals surface area contributed by atoms with Crippen molar-refractivity contribution in [2.75, 3.05) is 18.0 Å². The number of anilines is 1. The predicted octanol–water partition coefficient (Wildman–Crippen LogP) is 2.43. The zero-order valence-electron chi connectivity index (χ0n) is 11.2. The van der Waals surface area contributed by atoms with Gasteiger partial charge in [0.25, 0.3) is 0 Å². The van der Waals surface area contributed by atoms with Crippen LogP contribution in [0.25, 0.3) is 0 Å². The number of benzene rings is 1. The van der Waals surface area contributed by atoms with E-state index in [2.05, 4.69) is 30.9 Å². The minimum absolute atomic E-state index is 0.225. The van der Waals surface area contributed by atoms with Gasteiger partial charge in [-0.15, -0.1) is 0 Å². The number of hydrogen-bond acceptors (Lipinski definition) is 3. The number of rotatable bonds is 2. The minimum Gasteiger partial charge on any atom is -0.370 e. The second kappa shape index (κ2) is 5.41. The van der Waals surface area contributed by atoms with Crippen molar-refractivity contribution in [3.8, 4) is 6.07 Å². The molecule has 1 aliphatic rings. The highest BCUT2D eigenvalue weighted by Crippen LogP contribution is 2.28. The molecule has 0 bridgehead atoms. The summed E-state index contributed by atoms with van der Waals surface area (Å²) in [6.07, 6.45) is 2.35. The van der Waals surface area contributed by atoms with Crippen LogP contribution >= 0.6 is 0 Å². The molecule has 1 fully saturated rings. The Bertz CT molecular complexity index is 459. The lowest BCUT2D eigenvalue weighted by molar-refractivity contribution is 0.364. The van der Waals surface area contributed by atoms with Gasteiger partial charge in [-0.25, -0.2) is 0 Å². The summed E-state index contributed by atoms with van der Waals surface area (Å²) in [7, 11) is 0. The van der Waals surface area contributed by atoms with Crippen molar-refractivity contribution in [3.05, 3.63) is 29.3 Å². The highest BCUT2D eigenvalue weighted by molar-refractivity contribution is 5.61. The summed E-state index contributed by atoms with van der Waals surface area (Å²) >= 11 is 0. The van der Waals surface area contributed by atoms with Crippen LogP contribution in [0, 0.1) is 24.2 Å². The van der Waals surface area contributed by atoms with Gasteiger partial charge in [-0.05, 0) is 50.3 Å². The lowest BCUT2D eigenvalue weighted by Crippen LogP contribution is -2.42. The molecule has 96 valence electrons. The van der Waals surface area contributed by atoms with Crippen molar-refractivity contribution >= 4 is 5.69 Å². The summed E-state index contributed by atoms with van der Waals surface area (Å²) in [6.45, 7) is 6.14. The van der Waals surface area contributed by atoms with Gasteiger partial charge in [0.05, 0.1) is 11.3 Å². The molecule has 18 heavy (non-hydrogen) atoms. The quantitative estimate of drug-likeness (QED) is 0.868. The lowest BCUT2D eigenvalue weighted by atomic mass is 9.91. The number of nitrogens with two attached hydrogens (primary N) is 1. The summed E-state index contributed by atoms with van der Waals surface area (Å²) in [4.78, 5) is 2.32. The van der Waals surface area contributed by atoms with E-state index in [4.69, 9.17) is 5.73 Å². The van der Waals surface area contributed by atoms with Crippen LogP contribution in [0.2, 0.25) is 0 Å². The minimum atomic E-state index is 0.225. The number of nitriles is 1. The van der Waals surface area contributed by atoms with E-state index in [0.717, 1.165) is 30.8 Å². The molecule has 2 rings (SSSR count). The maximum atomic E-state index is 9.21. The Balaban J connectivity index is 2.25. The van der Waals surface area contributed by atoms with Crippen LogP contribution in [-0.2, 0) is 0 Å². The van der Waals surface area contributed by atoms with Gasteiger partial charge in [-0.3, -0.25) is 0 Å². The molecule has 0 aliphatic carbocycles. The fourth-order valence-corrected chi connectivity index (χ4v) is 2.66. The molecule has 3 nitrogen and oxygen atoms in total. The van der Waals surface area contributed by atoms with Gasteiger partial charge < -0.3 is 10.6 Å². The highest BCUT2D eigenvalue weighted by Gasteiger charge is 2.24. The van der Waals surface area contributed by atoms with E-state index in [0.29, 0.717) is 5.92 Å². The monoisotopic (exact) mass is 243 g/mol. The number of hydrogen-bond donors (Lipinski definition) is 1. The van der Waals surface area contributed by atoms with Gasteiger partial charge in [-0.1, -0.05) is 6.07 Å². The summed E-state index contributed by atoms with van der Waals surface area (Å²) in [5, 5.41) is 9.21. The van der Waals surface area contributed by atoms with E-state index >= 15 is 0 Å². The first-order valence-corrected chi connectivity index (χ1v) is 6.63. The van der Waals surface area contributed by atoms with E-state index in [-0.39, 0.29) is 6.04 Å². The summed E-state index contributed by atoms with van der Waals surface area (Å²) in [5.74, 6) is 0.533. The molecule has 1 aliphatic heterocycles. The molecule has 1 aromatic carbocycles. The molecule has 1 aromatic rings. The van der Waals surface area contributed by atoms with Gasteiger partial charge in [-0.2, -0.15) is 5.26 Å². The van der Waals surface area contributed by atoms with E-state index < -0.39 is 0 Å². The molecule has 2 unspecified atom stereocenters. The highest BCUT2D eigenvalue weighted by atomic mass is 15.1. The van der Waals surface area contributed by atoms with Gasteiger partial charge >= 0.3 is 0 Å². The van der Waals surface area contributed by atoms with Crippen molar-refractivity contribution in [3.63, 3.8) is 0 Å². The van der Waals surface area contributed by atoms with Crippen LogP contribution in [-0.4, -0.2) is 19.1 Å². The largest absolute Gasteiger partial charge is 0.370 e. The van der Waals surface area contributed by atoms with Gasteiger partial charge in [0, 0.05) is 19.1 Å². The zero-order chi connectivity index (χ0) is 13.1. The van der Waals surface area contributed by atoms with Crippen molar-refractivity contribution < 1.29 is 0 Å². The molecule has 2 N–H and O–H groups in total. The molecule has 1 saturated heterocycles. The Morgan fingerprint density at radius 2 is 2.28 bits per heavy atom. The van der Waals surface area contributed by atoms with E-state index in [9.17, 15) is 5.26 Å². The van der Waals surface area contributed by atoms with E-state index in [1.54, 1.807) is 0 Å². The van der Waals surface area contributed by atoms with Crippen LogP contribution in [0.4, 0.5) is 5.69 Å². The molecule has 0 radical (unpaired) electrons.